The Morgan fingerprint density at radius 1 is 1.26 bits per heavy atom. The smallest absolute Gasteiger partial charge is 0.291 e. The highest BCUT2D eigenvalue weighted by atomic mass is 16.5. The predicted molar refractivity (Wildman–Crippen MR) is 133 cm³/mol. The normalized spacial score (nSPS) is 31.0. The van der Waals surface area contributed by atoms with Crippen LogP contribution in [0.15, 0.2) is 42.6 Å². The number of aromatic amines is 1. The maximum atomic E-state index is 12.9. The summed E-state index contributed by atoms with van der Waals surface area (Å²) < 4.78 is 6.07. The zero-order valence-electron chi connectivity index (χ0n) is 20.6. The summed E-state index contributed by atoms with van der Waals surface area (Å²) in [6, 6.07) is 7.76. The Balaban J connectivity index is 1.55. The fraction of sp³-hybridized carbons (Fsp3) is 0.464. The molecular weight excluding hydrogens is 440 g/mol. The molecule has 1 saturated heterocycles. The number of nitrogens with one attached hydrogen (secondary N) is 2. The molecule has 182 valence electrons. The quantitative estimate of drug-likeness (QED) is 0.547. The van der Waals surface area contributed by atoms with E-state index in [1.165, 1.54) is 6.20 Å². The first-order chi connectivity index (χ1) is 16.6. The number of benzene rings is 1. The molecule has 1 aromatic heterocycles. The lowest BCUT2D eigenvalue weighted by Gasteiger charge is -2.47. The van der Waals surface area contributed by atoms with E-state index in [2.05, 4.69) is 47.4 Å². The SMILES string of the molecule is C[C@@H]1[C@@H]2C=C[C@@H](O2)[C@H](C)[C@@]1(O)c1ccc(NC(=O)c2nc(C#N)c[nH]2)c(C2=CCC(C)(C)CC2)c1. The third-order valence-electron chi connectivity index (χ3n) is 8.13. The van der Waals surface area contributed by atoms with E-state index >= 15 is 0 Å². The minimum atomic E-state index is -1.06. The van der Waals surface area contributed by atoms with Gasteiger partial charge in [0.05, 0.1) is 12.2 Å². The maximum Gasteiger partial charge on any atom is 0.291 e. The molecule has 1 aromatic carbocycles. The van der Waals surface area contributed by atoms with Crippen molar-refractivity contribution in [3.05, 3.63) is 65.3 Å². The molecule has 2 aromatic rings. The molecule has 0 saturated carbocycles. The molecule has 5 rings (SSSR count). The van der Waals surface area contributed by atoms with Gasteiger partial charge in [-0.05, 0) is 47.9 Å². The molecule has 3 aliphatic rings. The molecular formula is C28H32N4O3. The summed E-state index contributed by atoms with van der Waals surface area (Å²) in [6.45, 7) is 8.60. The Labute approximate surface area is 205 Å². The van der Waals surface area contributed by atoms with Gasteiger partial charge in [0.15, 0.2) is 11.5 Å². The van der Waals surface area contributed by atoms with Crippen LogP contribution < -0.4 is 5.32 Å². The third-order valence-corrected chi connectivity index (χ3v) is 8.13. The summed E-state index contributed by atoms with van der Waals surface area (Å²) in [5.74, 6) is -0.561. The average molecular weight is 473 g/mol. The van der Waals surface area contributed by atoms with Crippen LogP contribution >= 0.6 is 0 Å². The van der Waals surface area contributed by atoms with Gasteiger partial charge in [-0.3, -0.25) is 4.79 Å². The van der Waals surface area contributed by atoms with Crippen molar-refractivity contribution >= 4 is 17.2 Å². The van der Waals surface area contributed by atoms with Crippen LogP contribution in [0.4, 0.5) is 5.69 Å². The van der Waals surface area contributed by atoms with Crippen molar-refractivity contribution in [3.8, 4) is 6.07 Å². The molecule has 7 nitrogen and oxygen atoms in total. The molecule has 0 spiro atoms. The Kier molecular flexibility index (Phi) is 5.70. The van der Waals surface area contributed by atoms with E-state index in [4.69, 9.17) is 10.00 Å². The lowest BCUT2D eigenvalue weighted by atomic mass is 9.68. The summed E-state index contributed by atoms with van der Waals surface area (Å²) in [4.78, 5) is 19.7. The summed E-state index contributed by atoms with van der Waals surface area (Å²) in [5, 5.41) is 24.1. The number of fused-ring (bicyclic) bond motifs is 2. The van der Waals surface area contributed by atoms with Gasteiger partial charge in [0.25, 0.3) is 5.91 Å². The number of aromatic nitrogens is 2. The number of carbonyl (C=O) groups is 1. The molecule has 1 aliphatic carbocycles. The number of anilines is 1. The number of aliphatic hydroxyl groups is 1. The number of ether oxygens (including phenoxy) is 1. The second-order valence-electron chi connectivity index (χ2n) is 10.9. The van der Waals surface area contributed by atoms with Crippen molar-refractivity contribution in [1.82, 2.24) is 9.97 Å². The molecule has 0 radical (unpaired) electrons. The Morgan fingerprint density at radius 3 is 2.57 bits per heavy atom. The Bertz CT molecular complexity index is 1250. The third kappa shape index (κ3) is 4.01. The van der Waals surface area contributed by atoms with Gasteiger partial charge in [0, 0.05) is 29.3 Å². The molecule has 3 N–H and O–H groups in total. The van der Waals surface area contributed by atoms with Crippen molar-refractivity contribution < 1.29 is 14.6 Å². The van der Waals surface area contributed by atoms with E-state index < -0.39 is 11.5 Å². The molecule has 0 unspecified atom stereocenters. The molecule has 35 heavy (non-hydrogen) atoms. The lowest BCUT2D eigenvalue weighted by molar-refractivity contribution is -0.187. The Morgan fingerprint density at radius 2 is 1.97 bits per heavy atom. The minimum Gasteiger partial charge on any atom is -0.384 e. The van der Waals surface area contributed by atoms with E-state index in [-0.39, 0.29) is 41.0 Å². The lowest BCUT2D eigenvalue weighted by Crippen LogP contribution is -2.53. The highest BCUT2D eigenvalue weighted by Crippen LogP contribution is 2.50. The van der Waals surface area contributed by atoms with Gasteiger partial charge < -0.3 is 20.1 Å². The fourth-order valence-electron chi connectivity index (χ4n) is 5.67. The number of imidazole rings is 1. The first-order valence-corrected chi connectivity index (χ1v) is 12.3. The van der Waals surface area contributed by atoms with E-state index in [0.717, 1.165) is 36.0 Å². The maximum absolute atomic E-state index is 12.9. The number of nitrogens with zero attached hydrogens (tertiary/aromatic N) is 2. The average Bonchev–Trinajstić information content (AvgIpc) is 3.51. The van der Waals surface area contributed by atoms with Gasteiger partial charge in [-0.25, -0.2) is 4.98 Å². The number of rotatable bonds is 4. The first kappa shape index (κ1) is 23.5. The number of hydrogen-bond acceptors (Lipinski definition) is 5. The molecule has 2 bridgehead atoms. The Hall–Kier alpha value is -3.21. The van der Waals surface area contributed by atoms with Crippen molar-refractivity contribution in [2.75, 3.05) is 5.32 Å². The van der Waals surface area contributed by atoms with Crippen LogP contribution in [0.25, 0.3) is 5.57 Å². The van der Waals surface area contributed by atoms with Crippen LogP contribution in [0.5, 0.6) is 0 Å². The largest absolute Gasteiger partial charge is 0.384 e. The number of H-pyrrole nitrogens is 1. The summed E-state index contributed by atoms with van der Waals surface area (Å²) in [7, 11) is 0. The predicted octanol–water partition coefficient (Wildman–Crippen LogP) is 4.92. The van der Waals surface area contributed by atoms with E-state index in [1.54, 1.807) is 0 Å². The summed E-state index contributed by atoms with van der Waals surface area (Å²) >= 11 is 0. The van der Waals surface area contributed by atoms with Crippen molar-refractivity contribution in [3.63, 3.8) is 0 Å². The standard InChI is InChI=1S/C28H32N4O3/c1-16-23-7-8-24(35-23)17(2)28(16,34)19-5-6-22(32-26(33)25-30-15-20(14-29)31-25)21(13-19)18-9-11-27(3,4)12-10-18/h5-9,13,15-17,23-24,34H,10-12H2,1-4H3,(H,30,31)(H,32,33)/t16-,17+,23+,24-,28-. The first-order valence-electron chi connectivity index (χ1n) is 12.3. The van der Waals surface area contributed by atoms with Gasteiger partial charge in [-0.15, -0.1) is 0 Å². The van der Waals surface area contributed by atoms with Crippen LogP contribution in [0.1, 0.15) is 74.4 Å². The number of allylic oxidation sites excluding steroid dienone is 2. The molecule has 1 fully saturated rings. The summed E-state index contributed by atoms with van der Waals surface area (Å²) in [6.07, 6.45) is 10.4. The van der Waals surface area contributed by atoms with E-state index in [1.807, 2.05) is 38.1 Å². The number of amides is 1. The highest BCUT2D eigenvalue weighted by molar-refractivity contribution is 6.03. The van der Waals surface area contributed by atoms with Gasteiger partial charge in [-0.2, -0.15) is 5.26 Å². The summed E-state index contributed by atoms with van der Waals surface area (Å²) in [5.41, 5.74) is 2.91. The molecule has 3 heterocycles. The fourth-order valence-corrected chi connectivity index (χ4v) is 5.67. The molecule has 5 atom stereocenters. The number of carbonyl (C=O) groups excluding carboxylic acids is 1. The van der Waals surface area contributed by atoms with Crippen molar-refractivity contribution in [2.45, 2.75) is 64.8 Å². The van der Waals surface area contributed by atoms with Gasteiger partial charge in [0.1, 0.15) is 11.7 Å². The highest BCUT2D eigenvalue weighted by Gasteiger charge is 2.53. The number of nitriles is 1. The minimum absolute atomic E-state index is 0.0864. The van der Waals surface area contributed by atoms with Crippen LogP contribution in [0.3, 0.4) is 0 Å². The van der Waals surface area contributed by atoms with Gasteiger partial charge >= 0.3 is 0 Å². The zero-order chi connectivity index (χ0) is 25.0. The molecule has 2 aliphatic heterocycles. The topological polar surface area (TPSA) is 111 Å². The van der Waals surface area contributed by atoms with Crippen LogP contribution in [0, 0.1) is 28.6 Å². The van der Waals surface area contributed by atoms with Crippen LogP contribution in [-0.4, -0.2) is 33.2 Å². The second-order valence-corrected chi connectivity index (χ2v) is 10.9. The van der Waals surface area contributed by atoms with Crippen LogP contribution in [-0.2, 0) is 10.3 Å². The zero-order valence-corrected chi connectivity index (χ0v) is 20.6. The van der Waals surface area contributed by atoms with Crippen LogP contribution in [0.2, 0.25) is 0 Å². The molecule has 7 heteroatoms. The number of hydrogen-bond donors (Lipinski definition) is 3. The van der Waals surface area contributed by atoms with Crippen molar-refractivity contribution in [1.29, 1.82) is 5.26 Å². The second kappa shape index (κ2) is 8.47. The van der Waals surface area contributed by atoms with E-state index in [0.29, 0.717) is 5.69 Å². The van der Waals surface area contributed by atoms with Crippen molar-refractivity contribution in [2.24, 2.45) is 17.3 Å². The molecule has 1 amide bonds. The van der Waals surface area contributed by atoms with E-state index in [9.17, 15) is 9.90 Å². The van der Waals surface area contributed by atoms with Gasteiger partial charge in [0.2, 0.25) is 0 Å². The monoisotopic (exact) mass is 472 g/mol. The van der Waals surface area contributed by atoms with Gasteiger partial charge in [-0.1, -0.05) is 52.0 Å².